The Hall–Kier alpha value is -1.14. The Labute approximate surface area is 145 Å². The van der Waals surface area contributed by atoms with Crippen molar-refractivity contribution in [3.8, 4) is 0 Å². The molecule has 2 amide bonds. The molecule has 138 valence electrons. The molecule has 6 nitrogen and oxygen atoms in total. The number of amides is 2. The standard InChI is InChI=1S/C18H33N3O3/c1-14(2)13-24-17-6-8-20(9-7-17)12-18(23)19-16-4-10-21(11-5-16)15(3)22/h14,16-17H,4-13H2,1-3H3,(H,19,23). The van der Waals surface area contributed by atoms with Crippen molar-refractivity contribution in [2.75, 3.05) is 39.3 Å². The molecule has 0 bridgehead atoms. The van der Waals surface area contributed by atoms with E-state index in [1.54, 1.807) is 6.92 Å². The fourth-order valence-electron chi connectivity index (χ4n) is 3.38. The molecule has 0 unspecified atom stereocenters. The molecule has 2 rings (SSSR count). The van der Waals surface area contributed by atoms with E-state index in [0.29, 0.717) is 18.6 Å². The molecule has 0 aromatic carbocycles. The Morgan fingerprint density at radius 1 is 1.08 bits per heavy atom. The number of ether oxygens (including phenoxy) is 1. The summed E-state index contributed by atoms with van der Waals surface area (Å²) in [5, 5.41) is 3.13. The van der Waals surface area contributed by atoms with Crippen LogP contribution in [-0.2, 0) is 14.3 Å². The minimum Gasteiger partial charge on any atom is -0.378 e. The van der Waals surface area contributed by atoms with Gasteiger partial charge in [-0.15, -0.1) is 0 Å². The molecule has 0 aromatic heterocycles. The zero-order valence-electron chi connectivity index (χ0n) is 15.4. The average molecular weight is 339 g/mol. The van der Waals surface area contributed by atoms with Gasteiger partial charge in [-0.1, -0.05) is 13.8 Å². The number of hydrogen-bond acceptors (Lipinski definition) is 4. The van der Waals surface area contributed by atoms with Crippen LogP contribution in [0.2, 0.25) is 0 Å². The fraction of sp³-hybridized carbons (Fsp3) is 0.889. The quantitative estimate of drug-likeness (QED) is 0.791. The van der Waals surface area contributed by atoms with Crippen molar-refractivity contribution in [3.05, 3.63) is 0 Å². The fourth-order valence-corrected chi connectivity index (χ4v) is 3.38. The first-order valence-electron chi connectivity index (χ1n) is 9.33. The summed E-state index contributed by atoms with van der Waals surface area (Å²) >= 11 is 0. The van der Waals surface area contributed by atoms with Gasteiger partial charge in [0.1, 0.15) is 0 Å². The molecule has 0 atom stereocenters. The summed E-state index contributed by atoms with van der Waals surface area (Å²) in [6.07, 6.45) is 4.09. The molecular weight excluding hydrogens is 306 g/mol. The normalized spacial score (nSPS) is 21.2. The molecule has 0 saturated carbocycles. The summed E-state index contributed by atoms with van der Waals surface area (Å²) in [6.45, 7) is 10.6. The lowest BCUT2D eigenvalue weighted by Crippen LogP contribution is -2.49. The van der Waals surface area contributed by atoms with Gasteiger partial charge in [-0.25, -0.2) is 0 Å². The van der Waals surface area contributed by atoms with Crippen LogP contribution < -0.4 is 5.32 Å². The van der Waals surface area contributed by atoms with Gasteiger partial charge in [0.25, 0.3) is 0 Å². The van der Waals surface area contributed by atoms with Crippen LogP contribution in [0.4, 0.5) is 0 Å². The van der Waals surface area contributed by atoms with Gasteiger partial charge in [0.2, 0.25) is 11.8 Å². The third kappa shape index (κ3) is 6.40. The molecule has 0 aromatic rings. The van der Waals surface area contributed by atoms with E-state index in [1.165, 1.54) is 0 Å². The van der Waals surface area contributed by atoms with E-state index in [1.807, 2.05) is 4.90 Å². The van der Waals surface area contributed by atoms with Crippen LogP contribution in [0.25, 0.3) is 0 Å². The number of carbonyl (C=O) groups is 2. The average Bonchev–Trinajstić information content (AvgIpc) is 2.54. The van der Waals surface area contributed by atoms with Gasteiger partial charge in [-0.05, 0) is 31.6 Å². The SMILES string of the molecule is CC(=O)N1CCC(NC(=O)CN2CCC(OCC(C)C)CC2)CC1. The van der Waals surface area contributed by atoms with Gasteiger partial charge < -0.3 is 15.0 Å². The van der Waals surface area contributed by atoms with Gasteiger partial charge in [0.05, 0.1) is 12.6 Å². The van der Waals surface area contributed by atoms with E-state index in [9.17, 15) is 9.59 Å². The van der Waals surface area contributed by atoms with Crippen LogP contribution in [0.1, 0.15) is 46.5 Å². The van der Waals surface area contributed by atoms with Gasteiger partial charge >= 0.3 is 0 Å². The highest BCUT2D eigenvalue weighted by Gasteiger charge is 2.24. The van der Waals surface area contributed by atoms with E-state index in [4.69, 9.17) is 4.74 Å². The van der Waals surface area contributed by atoms with Crippen molar-refractivity contribution in [2.45, 2.75) is 58.6 Å². The Kier molecular flexibility index (Phi) is 7.49. The number of rotatable bonds is 6. The first kappa shape index (κ1) is 19.2. The summed E-state index contributed by atoms with van der Waals surface area (Å²) in [5.74, 6) is 0.809. The molecule has 1 N–H and O–H groups in total. The minimum absolute atomic E-state index is 0.109. The third-order valence-corrected chi connectivity index (χ3v) is 4.87. The molecule has 2 heterocycles. The zero-order chi connectivity index (χ0) is 17.5. The van der Waals surface area contributed by atoms with Crippen LogP contribution >= 0.6 is 0 Å². The maximum absolute atomic E-state index is 12.2. The lowest BCUT2D eigenvalue weighted by Gasteiger charge is -2.34. The van der Waals surface area contributed by atoms with Gasteiger partial charge in [0.15, 0.2) is 0 Å². The second kappa shape index (κ2) is 9.37. The van der Waals surface area contributed by atoms with E-state index >= 15 is 0 Å². The van der Waals surface area contributed by atoms with Crippen LogP contribution in [0.3, 0.4) is 0 Å². The molecule has 0 aliphatic carbocycles. The predicted octanol–water partition coefficient (Wildman–Crippen LogP) is 1.25. The maximum atomic E-state index is 12.2. The van der Waals surface area contributed by atoms with Gasteiger partial charge in [0, 0.05) is 45.8 Å². The van der Waals surface area contributed by atoms with Gasteiger partial charge in [-0.2, -0.15) is 0 Å². The van der Waals surface area contributed by atoms with Crippen LogP contribution in [0.15, 0.2) is 0 Å². The first-order valence-corrected chi connectivity index (χ1v) is 9.33. The zero-order valence-corrected chi connectivity index (χ0v) is 15.4. The molecule has 0 radical (unpaired) electrons. The number of likely N-dealkylation sites (tertiary alicyclic amines) is 2. The smallest absolute Gasteiger partial charge is 0.234 e. The van der Waals surface area contributed by atoms with Crippen molar-refractivity contribution >= 4 is 11.8 Å². The molecule has 0 spiro atoms. The third-order valence-electron chi connectivity index (χ3n) is 4.87. The van der Waals surface area contributed by atoms with Crippen molar-refractivity contribution in [2.24, 2.45) is 5.92 Å². The topological polar surface area (TPSA) is 61.9 Å². The molecule has 2 aliphatic heterocycles. The maximum Gasteiger partial charge on any atom is 0.234 e. The lowest BCUT2D eigenvalue weighted by molar-refractivity contribution is -0.130. The van der Waals surface area contributed by atoms with E-state index in [0.717, 1.165) is 58.5 Å². The predicted molar refractivity (Wildman–Crippen MR) is 93.7 cm³/mol. The Morgan fingerprint density at radius 2 is 1.71 bits per heavy atom. The van der Waals surface area contributed by atoms with Crippen LogP contribution in [-0.4, -0.2) is 73.1 Å². The first-order chi connectivity index (χ1) is 11.4. The largest absolute Gasteiger partial charge is 0.378 e. The van der Waals surface area contributed by atoms with Crippen molar-refractivity contribution in [1.29, 1.82) is 0 Å². The number of nitrogens with one attached hydrogen (secondary N) is 1. The monoisotopic (exact) mass is 339 g/mol. The molecule has 6 heteroatoms. The molecule has 2 aliphatic rings. The van der Waals surface area contributed by atoms with Crippen molar-refractivity contribution in [3.63, 3.8) is 0 Å². The molecule has 2 fully saturated rings. The van der Waals surface area contributed by atoms with E-state index in [2.05, 4.69) is 24.1 Å². The summed E-state index contributed by atoms with van der Waals surface area (Å²) in [7, 11) is 0. The van der Waals surface area contributed by atoms with Gasteiger partial charge in [-0.3, -0.25) is 14.5 Å². The lowest BCUT2D eigenvalue weighted by atomic mass is 10.0. The van der Waals surface area contributed by atoms with Crippen LogP contribution in [0, 0.1) is 5.92 Å². The molecular formula is C18H33N3O3. The van der Waals surface area contributed by atoms with E-state index < -0.39 is 0 Å². The van der Waals surface area contributed by atoms with Crippen molar-refractivity contribution < 1.29 is 14.3 Å². The molecule has 24 heavy (non-hydrogen) atoms. The highest BCUT2D eigenvalue weighted by molar-refractivity contribution is 5.78. The summed E-state index contributed by atoms with van der Waals surface area (Å²) in [5.41, 5.74) is 0. The highest BCUT2D eigenvalue weighted by Crippen LogP contribution is 2.15. The second-order valence-corrected chi connectivity index (χ2v) is 7.55. The highest BCUT2D eigenvalue weighted by atomic mass is 16.5. The number of piperidine rings is 2. The number of nitrogens with zero attached hydrogens (tertiary/aromatic N) is 2. The van der Waals surface area contributed by atoms with Crippen molar-refractivity contribution in [1.82, 2.24) is 15.1 Å². The summed E-state index contributed by atoms with van der Waals surface area (Å²) < 4.78 is 5.89. The number of carbonyl (C=O) groups excluding carboxylic acids is 2. The summed E-state index contributed by atoms with van der Waals surface area (Å²) in [6, 6.07) is 0.208. The van der Waals surface area contributed by atoms with E-state index in [-0.39, 0.29) is 17.9 Å². The minimum atomic E-state index is 0.109. The Balaban J connectivity index is 1.61. The molecule has 2 saturated heterocycles. The second-order valence-electron chi connectivity index (χ2n) is 7.55. The number of hydrogen-bond donors (Lipinski definition) is 1. The van der Waals surface area contributed by atoms with Crippen LogP contribution in [0.5, 0.6) is 0 Å². The Bertz CT molecular complexity index is 412. The Morgan fingerprint density at radius 3 is 2.25 bits per heavy atom. The summed E-state index contributed by atoms with van der Waals surface area (Å²) in [4.78, 5) is 27.6.